The number of aryl methyl sites for hydroxylation is 4. The summed E-state index contributed by atoms with van der Waals surface area (Å²) in [5.74, 6) is 1.70. The van der Waals surface area contributed by atoms with Crippen LogP contribution in [-0.4, -0.2) is 32.4 Å². The fraction of sp³-hybridized carbons (Fsp3) is 0.171. The van der Waals surface area contributed by atoms with E-state index < -0.39 is 0 Å². The minimum atomic E-state index is 0. The van der Waals surface area contributed by atoms with Crippen molar-refractivity contribution < 1.29 is 83.8 Å². The summed E-state index contributed by atoms with van der Waals surface area (Å²) in [6.45, 7) is 12.8. The van der Waals surface area contributed by atoms with E-state index in [4.69, 9.17) is 9.97 Å². The van der Waals surface area contributed by atoms with Crippen LogP contribution in [0.15, 0.2) is 109 Å². The van der Waals surface area contributed by atoms with Crippen LogP contribution in [0.1, 0.15) is 47.2 Å². The van der Waals surface area contributed by atoms with Crippen LogP contribution in [0.3, 0.4) is 0 Å². The van der Waals surface area contributed by atoms with Crippen LogP contribution >= 0.6 is 0 Å². The Labute approximate surface area is 359 Å². The van der Waals surface area contributed by atoms with Gasteiger partial charge in [-0.15, -0.1) is 0 Å². The Morgan fingerprint density at radius 1 is 0.491 bits per heavy atom. The smallest absolute Gasteiger partial charge is 0.328 e. The molecule has 0 unspecified atom stereocenters. The normalized spacial score (nSPS) is 10.6. The first-order valence-corrected chi connectivity index (χ1v) is 16.0. The SMILES string of the molecule is CC=[N+](c1cccc(-c2ccccn2)n1)c1c(C)cc(C)cc1Cc1cc(C)cc(C)c1[N+](=CC)c1cccc(-c2ccccn2)n1.[Cl-].[Cl-].[Cl-].[Cl-].[Fe].[Fe]. The van der Waals surface area contributed by atoms with E-state index in [9.17, 15) is 0 Å². The van der Waals surface area contributed by atoms with Crippen molar-refractivity contribution in [3.05, 3.63) is 143 Å². The molecule has 0 bridgehead atoms. The summed E-state index contributed by atoms with van der Waals surface area (Å²) in [6, 6.07) is 33.2. The maximum atomic E-state index is 5.07. The van der Waals surface area contributed by atoms with Crippen LogP contribution in [0.25, 0.3) is 22.8 Å². The molecule has 6 rings (SSSR count). The monoisotopic (exact) mass is 868 g/mol. The number of rotatable bonds is 8. The first-order chi connectivity index (χ1) is 22.9. The summed E-state index contributed by atoms with van der Waals surface area (Å²) < 4.78 is 4.42. The molecule has 0 saturated carbocycles. The van der Waals surface area contributed by atoms with E-state index in [0.717, 1.165) is 52.2 Å². The van der Waals surface area contributed by atoms with Crippen molar-refractivity contribution in [2.45, 2.75) is 48.0 Å². The van der Waals surface area contributed by atoms with Gasteiger partial charge in [0.05, 0.1) is 12.4 Å². The minimum Gasteiger partial charge on any atom is -1.00 e. The molecule has 0 fully saturated rings. The molecular weight excluding hydrogens is 830 g/mol. The van der Waals surface area contributed by atoms with Crippen molar-refractivity contribution in [1.29, 1.82) is 0 Å². The van der Waals surface area contributed by atoms with Crippen LogP contribution in [-0.2, 0) is 40.6 Å². The molecule has 0 radical (unpaired) electrons. The van der Waals surface area contributed by atoms with Crippen LogP contribution in [0, 0.1) is 27.7 Å². The number of pyridine rings is 4. The van der Waals surface area contributed by atoms with Gasteiger partial charge in [0.1, 0.15) is 22.8 Å². The Kier molecular flexibility index (Phi) is 21.2. The van der Waals surface area contributed by atoms with Crippen LogP contribution in [0.4, 0.5) is 23.0 Å². The van der Waals surface area contributed by atoms with E-state index in [1.165, 1.54) is 33.4 Å². The number of nitrogens with zero attached hydrogens (tertiary/aromatic N) is 6. The van der Waals surface area contributed by atoms with Crippen LogP contribution < -0.4 is 58.8 Å². The van der Waals surface area contributed by atoms with Crippen molar-refractivity contribution in [3.8, 4) is 22.8 Å². The second-order valence-corrected chi connectivity index (χ2v) is 11.8. The van der Waals surface area contributed by atoms with Crippen molar-refractivity contribution in [2.24, 2.45) is 0 Å². The largest absolute Gasteiger partial charge is 1.00 e. The Hall–Kier alpha value is -3.42. The fourth-order valence-electron chi connectivity index (χ4n) is 6.44. The molecular formula is C41H40Cl4Fe2N6-2. The summed E-state index contributed by atoms with van der Waals surface area (Å²) >= 11 is 0. The second kappa shape index (κ2) is 22.7. The van der Waals surface area contributed by atoms with Gasteiger partial charge in [0.2, 0.25) is 11.4 Å². The zero-order chi connectivity index (χ0) is 32.9. The molecule has 0 spiro atoms. The minimum absolute atomic E-state index is 0. The molecule has 6 aromatic rings. The van der Waals surface area contributed by atoms with Gasteiger partial charge in [0.15, 0.2) is 0 Å². The molecule has 4 aromatic heterocycles. The summed E-state index contributed by atoms with van der Waals surface area (Å²) in [5, 5.41) is 0. The molecule has 0 aliphatic rings. The number of halogens is 4. The zero-order valence-electron chi connectivity index (χ0n) is 30.2. The van der Waals surface area contributed by atoms with Gasteiger partial charge >= 0.3 is 11.6 Å². The van der Waals surface area contributed by atoms with Gasteiger partial charge in [-0.2, -0.15) is 0 Å². The van der Waals surface area contributed by atoms with Crippen LogP contribution in [0.2, 0.25) is 0 Å². The topological polar surface area (TPSA) is 57.6 Å². The number of hydrogen-bond acceptors (Lipinski definition) is 4. The molecule has 2 aromatic carbocycles. The van der Waals surface area contributed by atoms with Crippen LogP contribution in [0.5, 0.6) is 0 Å². The van der Waals surface area contributed by atoms with Gasteiger partial charge in [-0.05, 0) is 111 Å². The van der Waals surface area contributed by atoms with E-state index in [-0.39, 0.29) is 83.8 Å². The standard InChI is InChI=1S/C41H40N6.4ClH.2Fe/c1-7-46(38-19-13-17-36(44-38)34-15-9-11-21-42-34)40-30(5)23-28(3)25-32(40)27-33-26-29(4)24-31(6)41(33)47(8-2)39-20-14-18-37(45-39)35-16-10-12-22-43-35;;;;;;/h7-26H,27H2,1-6H3;4*1H;;/q+2;;;;;;/p-4. The first-order valence-electron chi connectivity index (χ1n) is 16.0. The van der Waals surface area contributed by atoms with E-state index in [0.29, 0.717) is 0 Å². The Bertz CT molecular complexity index is 1990. The summed E-state index contributed by atoms with van der Waals surface area (Å²) in [5.41, 5.74) is 12.9. The summed E-state index contributed by atoms with van der Waals surface area (Å²) in [7, 11) is 0. The molecule has 0 saturated heterocycles. The number of aromatic nitrogens is 4. The van der Waals surface area contributed by atoms with E-state index >= 15 is 0 Å². The third-order valence-corrected chi connectivity index (χ3v) is 8.24. The van der Waals surface area contributed by atoms with Gasteiger partial charge in [0.25, 0.3) is 0 Å². The third-order valence-electron chi connectivity index (χ3n) is 8.24. The predicted molar refractivity (Wildman–Crippen MR) is 196 cm³/mol. The van der Waals surface area contributed by atoms with Gasteiger partial charge in [-0.1, -0.05) is 47.5 Å². The molecule has 0 aliphatic heterocycles. The Morgan fingerprint density at radius 3 is 1.21 bits per heavy atom. The maximum absolute atomic E-state index is 5.07. The van der Waals surface area contributed by atoms with E-state index in [1.54, 1.807) is 12.4 Å². The number of hydrogen-bond donors (Lipinski definition) is 0. The quantitative estimate of drug-likeness (QED) is 0.0951. The summed E-state index contributed by atoms with van der Waals surface area (Å²) in [6.07, 6.45) is 8.54. The van der Waals surface area contributed by atoms with Gasteiger partial charge in [-0.3, -0.25) is 9.97 Å². The molecule has 6 nitrogen and oxygen atoms in total. The number of benzene rings is 2. The van der Waals surface area contributed by atoms with Gasteiger partial charge < -0.3 is 49.6 Å². The average Bonchev–Trinajstić information content (AvgIpc) is 3.08. The maximum Gasteiger partial charge on any atom is 0.328 e. The van der Waals surface area contributed by atoms with Crippen molar-refractivity contribution in [1.82, 2.24) is 29.1 Å². The van der Waals surface area contributed by atoms with Gasteiger partial charge in [0, 0.05) is 76.2 Å². The predicted octanol–water partition coefficient (Wildman–Crippen LogP) is -2.71. The van der Waals surface area contributed by atoms with Crippen molar-refractivity contribution in [2.75, 3.05) is 0 Å². The molecule has 0 aliphatic carbocycles. The molecule has 12 heteroatoms. The van der Waals surface area contributed by atoms with Crippen molar-refractivity contribution in [3.63, 3.8) is 0 Å². The summed E-state index contributed by atoms with van der Waals surface area (Å²) in [4.78, 5) is 19.2. The molecule has 0 atom stereocenters. The first kappa shape index (κ1) is 49.6. The molecule has 0 amide bonds. The Balaban J connectivity index is 0.00000451. The van der Waals surface area contributed by atoms with Gasteiger partial charge in [-0.25, -0.2) is 9.15 Å². The fourth-order valence-corrected chi connectivity index (χ4v) is 6.44. The zero-order valence-corrected chi connectivity index (χ0v) is 35.4. The molecule has 4 heterocycles. The van der Waals surface area contributed by atoms with E-state index in [1.807, 2.05) is 48.5 Å². The Morgan fingerprint density at radius 2 is 0.868 bits per heavy atom. The molecule has 53 heavy (non-hydrogen) atoms. The molecule has 0 N–H and O–H groups in total. The van der Waals surface area contributed by atoms with Crippen molar-refractivity contribution >= 4 is 35.4 Å². The second-order valence-electron chi connectivity index (χ2n) is 11.8. The van der Waals surface area contributed by atoms with E-state index in [2.05, 4.69) is 122 Å². The average molecular weight is 870 g/mol. The third kappa shape index (κ3) is 11.3. The molecule has 280 valence electrons.